The van der Waals surface area contributed by atoms with E-state index in [0.717, 1.165) is 28.7 Å². The highest BCUT2D eigenvalue weighted by atomic mass is 16.1. The second-order valence-electron chi connectivity index (χ2n) is 5.95. The van der Waals surface area contributed by atoms with Crippen LogP contribution in [0.2, 0.25) is 0 Å². The van der Waals surface area contributed by atoms with Crippen molar-refractivity contribution in [2.75, 3.05) is 5.32 Å². The minimum Gasteiger partial charge on any atom is -0.338 e. The number of benzene rings is 2. The summed E-state index contributed by atoms with van der Waals surface area (Å²) in [5.74, 6) is 0.612. The molecule has 0 fully saturated rings. The van der Waals surface area contributed by atoms with Gasteiger partial charge in [0.2, 0.25) is 0 Å². The van der Waals surface area contributed by atoms with E-state index in [1.54, 1.807) is 6.07 Å². The van der Waals surface area contributed by atoms with Gasteiger partial charge >= 0.3 is 0 Å². The van der Waals surface area contributed by atoms with E-state index >= 15 is 0 Å². The van der Waals surface area contributed by atoms with E-state index in [1.807, 2.05) is 30.3 Å². The van der Waals surface area contributed by atoms with Crippen molar-refractivity contribution in [1.29, 1.82) is 0 Å². The van der Waals surface area contributed by atoms with Gasteiger partial charge in [-0.3, -0.25) is 4.79 Å². The first-order valence-corrected chi connectivity index (χ1v) is 8.24. The number of pyridine rings is 1. The van der Waals surface area contributed by atoms with Crippen LogP contribution in [0.5, 0.6) is 0 Å². The molecule has 0 aliphatic carbocycles. The standard InChI is InChI=1S/C21H16N4O/c1-14-17(16-6-3-2-4-7-16)8-5-9-18(14)25-21-20-19(23-13-24-21)10-15(12-26)11-22-20/h2-13H,1H3,(H,23,24,25). The minimum atomic E-state index is 0.490. The van der Waals surface area contributed by atoms with Crippen LogP contribution in [0.15, 0.2) is 67.1 Å². The van der Waals surface area contributed by atoms with Crippen LogP contribution in [0, 0.1) is 6.92 Å². The lowest BCUT2D eigenvalue weighted by Crippen LogP contribution is -2.00. The monoisotopic (exact) mass is 340 g/mol. The Labute approximate surface area is 150 Å². The number of fused-ring (bicyclic) bond motifs is 1. The maximum atomic E-state index is 10.9. The summed E-state index contributed by atoms with van der Waals surface area (Å²) in [7, 11) is 0. The molecule has 0 spiro atoms. The second-order valence-corrected chi connectivity index (χ2v) is 5.95. The Morgan fingerprint density at radius 1 is 0.962 bits per heavy atom. The molecule has 4 rings (SSSR count). The first-order chi connectivity index (χ1) is 12.8. The zero-order chi connectivity index (χ0) is 17.9. The fraction of sp³-hybridized carbons (Fsp3) is 0.0476. The molecule has 0 saturated carbocycles. The number of carbonyl (C=O) groups excluding carboxylic acids is 1. The normalized spacial score (nSPS) is 10.7. The Morgan fingerprint density at radius 3 is 2.62 bits per heavy atom. The maximum Gasteiger partial charge on any atom is 0.160 e. The van der Waals surface area contributed by atoms with E-state index in [0.29, 0.717) is 22.4 Å². The molecule has 0 aliphatic rings. The highest BCUT2D eigenvalue weighted by Crippen LogP contribution is 2.31. The third-order valence-electron chi connectivity index (χ3n) is 4.30. The van der Waals surface area contributed by atoms with Crippen LogP contribution >= 0.6 is 0 Å². The van der Waals surface area contributed by atoms with Gasteiger partial charge in [-0.05, 0) is 35.7 Å². The molecule has 2 heterocycles. The fourth-order valence-corrected chi connectivity index (χ4v) is 2.94. The van der Waals surface area contributed by atoms with E-state index < -0.39 is 0 Å². The van der Waals surface area contributed by atoms with Gasteiger partial charge < -0.3 is 5.32 Å². The molecule has 0 unspecified atom stereocenters. The van der Waals surface area contributed by atoms with Crippen LogP contribution in [-0.4, -0.2) is 21.2 Å². The number of aldehydes is 1. The highest BCUT2D eigenvalue weighted by Gasteiger charge is 2.10. The molecule has 5 nitrogen and oxygen atoms in total. The van der Waals surface area contributed by atoms with Crippen LogP contribution < -0.4 is 5.32 Å². The van der Waals surface area contributed by atoms with Crippen molar-refractivity contribution in [3.05, 3.63) is 78.2 Å². The van der Waals surface area contributed by atoms with Gasteiger partial charge in [-0.25, -0.2) is 15.0 Å². The molecule has 26 heavy (non-hydrogen) atoms. The highest BCUT2D eigenvalue weighted by molar-refractivity contribution is 5.91. The molecule has 5 heteroatoms. The lowest BCUT2D eigenvalue weighted by atomic mass is 9.99. The van der Waals surface area contributed by atoms with Gasteiger partial charge in [0.25, 0.3) is 0 Å². The van der Waals surface area contributed by atoms with Crippen molar-refractivity contribution in [3.63, 3.8) is 0 Å². The predicted molar refractivity (Wildman–Crippen MR) is 103 cm³/mol. The molecule has 0 aliphatic heterocycles. The van der Waals surface area contributed by atoms with Gasteiger partial charge in [-0.15, -0.1) is 0 Å². The molecule has 2 aromatic carbocycles. The first-order valence-electron chi connectivity index (χ1n) is 8.24. The van der Waals surface area contributed by atoms with Gasteiger partial charge in [0, 0.05) is 17.4 Å². The van der Waals surface area contributed by atoms with Crippen LogP contribution in [0.3, 0.4) is 0 Å². The third-order valence-corrected chi connectivity index (χ3v) is 4.30. The number of nitrogens with zero attached hydrogens (tertiary/aromatic N) is 3. The molecule has 0 radical (unpaired) electrons. The van der Waals surface area contributed by atoms with E-state index in [1.165, 1.54) is 12.5 Å². The number of rotatable bonds is 4. The average Bonchev–Trinajstić information content (AvgIpc) is 2.70. The number of aromatic nitrogens is 3. The van der Waals surface area contributed by atoms with Gasteiger partial charge in [-0.2, -0.15) is 0 Å². The largest absolute Gasteiger partial charge is 0.338 e. The Bertz CT molecular complexity index is 1090. The maximum absolute atomic E-state index is 10.9. The Morgan fingerprint density at radius 2 is 1.81 bits per heavy atom. The molecular weight excluding hydrogens is 324 g/mol. The minimum absolute atomic E-state index is 0.490. The van der Waals surface area contributed by atoms with Crippen molar-refractivity contribution in [2.24, 2.45) is 0 Å². The number of nitrogens with one attached hydrogen (secondary N) is 1. The first kappa shape index (κ1) is 15.9. The summed E-state index contributed by atoms with van der Waals surface area (Å²) in [4.78, 5) is 23.8. The molecule has 4 aromatic rings. The van der Waals surface area contributed by atoms with Crippen LogP contribution in [0.25, 0.3) is 22.2 Å². The van der Waals surface area contributed by atoms with E-state index in [2.05, 4.69) is 45.4 Å². The van der Waals surface area contributed by atoms with Crippen molar-refractivity contribution < 1.29 is 4.79 Å². The number of hydrogen-bond acceptors (Lipinski definition) is 5. The lowest BCUT2D eigenvalue weighted by Gasteiger charge is -2.14. The smallest absolute Gasteiger partial charge is 0.160 e. The van der Waals surface area contributed by atoms with Crippen LogP contribution in [-0.2, 0) is 0 Å². The molecule has 0 bridgehead atoms. The second kappa shape index (κ2) is 6.72. The summed E-state index contributed by atoms with van der Waals surface area (Å²) in [5, 5.41) is 3.36. The van der Waals surface area contributed by atoms with Crippen molar-refractivity contribution in [3.8, 4) is 11.1 Å². The fourth-order valence-electron chi connectivity index (χ4n) is 2.94. The topological polar surface area (TPSA) is 67.8 Å². The van der Waals surface area contributed by atoms with Crippen LogP contribution in [0.1, 0.15) is 15.9 Å². The zero-order valence-corrected chi connectivity index (χ0v) is 14.2. The summed E-state index contributed by atoms with van der Waals surface area (Å²) in [6.45, 7) is 2.08. The molecule has 1 N–H and O–H groups in total. The van der Waals surface area contributed by atoms with Gasteiger partial charge in [0.05, 0.1) is 5.52 Å². The lowest BCUT2D eigenvalue weighted by molar-refractivity contribution is 0.112. The van der Waals surface area contributed by atoms with E-state index in [-0.39, 0.29) is 0 Å². The molecule has 126 valence electrons. The summed E-state index contributed by atoms with van der Waals surface area (Å²) in [6.07, 6.45) is 3.75. The number of carbonyl (C=O) groups is 1. The van der Waals surface area contributed by atoms with Crippen molar-refractivity contribution in [2.45, 2.75) is 6.92 Å². The summed E-state index contributed by atoms with van der Waals surface area (Å²) in [6, 6.07) is 18.1. The third kappa shape index (κ3) is 2.91. The number of anilines is 2. The van der Waals surface area contributed by atoms with Crippen molar-refractivity contribution >= 4 is 28.8 Å². The Balaban J connectivity index is 1.77. The van der Waals surface area contributed by atoms with Gasteiger partial charge in [0.15, 0.2) is 12.1 Å². The van der Waals surface area contributed by atoms with E-state index in [9.17, 15) is 4.79 Å². The van der Waals surface area contributed by atoms with E-state index in [4.69, 9.17) is 0 Å². The quantitative estimate of drug-likeness (QED) is 0.552. The SMILES string of the molecule is Cc1c(Nc2ncnc3cc(C=O)cnc23)cccc1-c1ccccc1. The molecule has 0 atom stereocenters. The predicted octanol–water partition coefficient (Wildman–Crippen LogP) is 4.56. The van der Waals surface area contributed by atoms with Gasteiger partial charge in [0.1, 0.15) is 11.8 Å². The molecular formula is C21H16N4O. The Hall–Kier alpha value is -3.60. The summed E-state index contributed by atoms with van der Waals surface area (Å²) in [5.41, 5.74) is 6.14. The van der Waals surface area contributed by atoms with Gasteiger partial charge in [-0.1, -0.05) is 42.5 Å². The molecule has 0 amide bonds. The molecule has 2 aromatic heterocycles. The summed E-state index contributed by atoms with van der Waals surface area (Å²) < 4.78 is 0. The summed E-state index contributed by atoms with van der Waals surface area (Å²) >= 11 is 0. The Kier molecular flexibility index (Phi) is 4.11. The molecule has 0 saturated heterocycles. The number of hydrogen-bond donors (Lipinski definition) is 1. The average molecular weight is 340 g/mol. The van der Waals surface area contributed by atoms with Crippen molar-refractivity contribution in [1.82, 2.24) is 15.0 Å². The van der Waals surface area contributed by atoms with Crippen LogP contribution in [0.4, 0.5) is 11.5 Å². The zero-order valence-electron chi connectivity index (χ0n) is 14.2.